The van der Waals surface area contributed by atoms with Crippen molar-refractivity contribution < 1.29 is 13.6 Å². The molecule has 142 valence electrons. The van der Waals surface area contributed by atoms with Crippen LogP contribution in [0.3, 0.4) is 0 Å². The number of aromatic nitrogens is 1. The van der Waals surface area contributed by atoms with Crippen LogP contribution in [0.25, 0.3) is 17.4 Å². The number of hydrogen-bond acceptors (Lipinski definition) is 4. The van der Waals surface area contributed by atoms with Crippen molar-refractivity contribution in [2.75, 3.05) is 5.01 Å². The molecule has 1 saturated heterocycles. The lowest BCUT2D eigenvalue weighted by molar-refractivity contribution is -0.114. The molecule has 1 amide bonds. The van der Waals surface area contributed by atoms with Crippen LogP contribution in [0.15, 0.2) is 51.8 Å². The molecule has 0 radical (unpaired) electrons. The summed E-state index contributed by atoms with van der Waals surface area (Å²) in [5.74, 6) is 0.328. The van der Waals surface area contributed by atoms with Gasteiger partial charge in [-0.3, -0.25) is 9.47 Å². The first-order valence-corrected chi connectivity index (χ1v) is 9.94. The number of aryl methyl sites for hydroxylation is 2. The number of hydrogen-bond donors (Lipinski definition) is 0. The number of halogens is 2. The van der Waals surface area contributed by atoms with Gasteiger partial charge in [-0.25, -0.2) is 4.39 Å². The maximum Gasteiger partial charge on any atom is 0.285 e. The van der Waals surface area contributed by atoms with E-state index in [4.69, 9.17) is 28.2 Å². The Morgan fingerprint density at radius 1 is 1.14 bits per heavy atom. The number of benzene rings is 1. The highest BCUT2D eigenvalue weighted by molar-refractivity contribution is 8.27. The van der Waals surface area contributed by atoms with Gasteiger partial charge in [-0.15, -0.1) is 0 Å². The number of rotatable bonds is 3. The third-order valence-corrected chi connectivity index (χ3v) is 5.88. The predicted molar refractivity (Wildman–Crippen MR) is 114 cm³/mol. The standard InChI is InChI=1S/C20H14ClFN2O2S2/c1-11-3-4-12(2)23(11)24-19(25)18(28-20(24)27)10-14-6-8-17(26-14)13-5-7-16(22)15(21)9-13/h3-10H,1-2H3/b18-10+. The molecule has 0 N–H and O–H groups in total. The van der Waals surface area contributed by atoms with Gasteiger partial charge in [0.2, 0.25) is 0 Å². The second-order valence-corrected chi connectivity index (χ2v) is 8.34. The molecule has 1 fully saturated rings. The molecule has 2 aromatic heterocycles. The molecule has 4 nitrogen and oxygen atoms in total. The van der Waals surface area contributed by atoms with Gasteiger partial charge in [0.05, 0.1) is 9.93 Å². The Hall–Kier alpha value is -2.35. The summed E-state index contributed by atoms with van der Waals surface area (Å²) in [6.45, 7) is 3.84. The van der Waals surface area contributed by atoms with Crippen molar-refractivity contribution in [3.63, 3.8) is 0 Å². The van der Waals surface area contributed by atoms with Gasteiger partial charge in [-0.2, -0.15) is 5.01 Å². The maximum absolute atomic E-state index is 13.3. The van der Waals surface area contributed by atoms with Crippen molar-refractivity contribution in [1.29, 1.82) is 0 Å². The molecule has 0 aliphatic carbocycles. The average Bonchev–Trinajstić information content (AvgIpc) is 3.32. The number of carbonyl (C=O) groups excluding carboxylic acids is 1. The molecule has 28 heavy (non-hydrogen) atoms. The van der Waals surface area contributed by atoms with Crippen LogP contribution in [0, 0.1) is 19.7 Å². The Bertz CT molecular complexity index is 1130. The molecule has 3 heterocycles. The van der Waals surface area contributed by atoms with Gasteiger partial charge in [-0.1, -0.05) is 23.4 Å². The Morgan fingerprint density at radius 3 is 2.54 bits per heavy atom. The first-order chi connectivity index (χ1) is 13.3. The Labute approximate surface area is 175 Å². The lowest BCUT2D eigenvalue weighted by atomic mass is 10.2. The zero-order valence-corrected chi connectivity index (χ0v) is 17.3. The van der Waals surface area contributed by atoms with Crippen molar-refractivity contribution >= 4 is 51.9 Å². The molecule has 3 aromatic rings. The number of amides is 1. The first kappa shape index (κ1) is 19.0. The van der Waals surface area contributed by atoms with Gasteiger partial charge in [0, 0.05) is 23.0 Å². The van der Waals surface area contributed by atoms with Crippen molar-refractivity contribution in [3.05, 3.63) is 75.4 Å². The highest BCUT2D eigenvalue weighted by Crippen LogP contribution is 2.34. The minimum atomic E-state index is -0.489. The molecule has 1 aliphatic rings. The topological polar surface area (TPSA) is 38.4 Å². The van der Waals surface area contributed by atoms with Gasteiger partial charge in [0.1, 0.15) is 17.3 Å². The smallest absolute Gasteiger partial charge is 0.285 e. The van der Waals surface area contributed by atoms with Crippen molar-refractivity contribution in [2.24, 2.45) is 0 Å². The molecule has 0 spiro atoms. The normalized spacial score (nSPS) is 15.9. The van der Waals surface area contributed by atoms with Crippen LogP contribution in [-0.2, 0) is 4.79 Å². The van der Waals surface area contributed by atoms with E-state index in [9.17, 15) is 9.18 Å². The zero-order chi connectivity index (χ0) is 20.0. The summed E-state index contributed by atoms with van der Waals surface area (Å²) in [4.78, 5) is 13.4. The third-order valence-electron chi connectivity index (χ3n) is 4.31. The number of nitrogens with zero attached hydrogens (tertiary/aromatic N) is 2. The average molecular weight is 433 g/mol. The van der Waals surface area contributed by atoms with Crippen LogP contribution in [0.1, 0.15) is 17.1 Å². The number of furan rings is 1. The van der Waals surface area contributed by atoms with E-state index < -0.39 is 5.82 Å². The van der Waals surface area contributed by atoms with Crippen LogP contribution in [0.4, 0.5) is 4.39 Å². The molecule has 4 rings (SSSR count). The summed E-state index contributed by atoms with van der Waals surface area (Å²) < 4.78 is 21.4. The Kier molecular flexibility index (Phi) is 4.91. The molecular weight excluding hydrogens is 419 g/mol. The predicted octanol–water partition coefficient (Wildman–Crippen LogP) is 5.69. The van der Waals surface area contributed by atoms with Gasteiger partial charge < -0.3 is 4.42 Å². The lowest BCUT2D eigenvalue weighted by Gasteiger charge is -2.20. The number of thioether (sulfide) groups is 1. The summed E-state index contributed by atoms with van der Waals surface area (Å²) >= 11 is 12.5. The third kappa shape index (κ3) is 3.30. The fourth-order valence-electron chi connectivity index (χ4n) is 2.97. The van der Waals surface area contributed by atoms with E-state index in [1.165, 1.54) is 28.9 Å². The fraction of sp³-hybridized carbons (Fsp3) is 0.100. The molecule has 0 atom stereocenters. The Morgan fingerprint density at radius 2 is 1.86 bits per heavy atom. The van der Waals surface area contributed by atoms with Crippen LogP contribution in [0.2, 0.25) is 5.02 Å². The monoisotopic (exact) mass is 432 g/mol. The van der Waals surface area contributed by atoms with E-state index in [2.05, 4.69) is 0 Å². The molecule has 0 saturated carbocycles. The van der Waals surface area contributed by atoms with Gasteiger partial charge in [-0.05, 0) is 68.5 Å². The number of thiocarbonyl (C=S) groups is 1. The van der Waals surface area contributed by atoms with Crippen molar-refractivity contribution in [1.82, 2.24) is 4.68 Å². The van der Waals surface area contributed by atoms with E-state index in [-0.39, 0.29) is 10.9 Å². The summed E-state index contributed by atoms with van der Waals surface area (Å²) in [5, 5.41) is 1.51. The second kappa shape index (κ2) is 7.24. The number of carbonyl (C=O) groups is 1. The largest absolute Gasteiger partial charge is 0.457 e. The van der Waals surface area contributed by atoms with Gasteiger partial charge in [0.15, 0.2) is 4.32 Å². The molecule has 8 heteroatoms. The highest BCUT2D eigenvalue weighted by Gasteiger charge is 2.35. The molecule has 1 aliphatic heterocycles. The Balaban J connectivity index is 1.63. The summed E-state index contributed by atoms with van der Waals surface area (Å²) in [7, 11) is 0. The second-order valence-electron chi connectivity index (χ2n) is 6.25. The van der Waals surface area contributed by atoms with Crippen LogP contribution in [-0.4, -0.2) is 14.9 Å². The molecule has 0 unspecified atom stereocenters. The zero-order valence-electron chi connectivity index (χ0n) is 14.9. The van der Waals surface area contributed by atoms with Crippen LogP contribution in [0.5, 0.6) is 0 Å². The van der Waals surface area contributed by atoms with Crippen molar-refractivity contribution in [2.45, 2.75) is 13.8 Å². The van der Waals surface area contributed by atoms with E-state index in [1.54, 1.807) is 29.0 Å². The van der Waals surface area contributed by atoms with Gasteiger partial charge >= 0.3 is 0 Å². The molecular formula is C20H14ClFN2O2S2. The van der Waals surface area contributed by atoms with E-state index >= 15 is 0 Å². The molecule has 0 bridgehead atoms. The summed E-state index contributed by atoms with van der Waals surface area (Å²) in [6.07, 6.45) is 1.65. The molecule has 1 aromatic carbocycles. The van der Waals surface area contributed by atoms with Gasteiger partial charge in [0.25, 0.3) is 5.91 Å². The van der Waals surface area contributed by atoms with E-state index in [1.807, 2.05) is 26.0 Å². The maximum atomic E-state index is 13.3. The van der Waals surface area contributed by atoms with E-state index in [0.717, 1.165) is 11.4 Å². The van der Waals surface area contributed by atoms with Crippen LogP contribution < -0.4 is 5.01 Å². The minimum absolute atomic E-state index is 0.0220. The van der Waals surface area contributed by atoms with Crippen molar-refractivity contribution in [3.8, 4) is 11.3 Å². The summed E-state index contributed by atoms with van der Waals surface area (Å²) in [5.41, 5.74) is 2.49. The SMILES string of the molecule is Cc1ccc(C)n1N1C(=O)/C(=C\c2ccc(-c3ccc(F)c(Cl)c3)o2)SC1=S. The minimum Gasteiger partial charge on any atom is -0.457 e. The van der Waals surface area contributed by atoms with E-state index in [0.29, 0.717) is 26.3 Å². The lowest BCUT2D eigenvalue weighted by Crippen LogP contribution is -2.39. The highest BCUT2D eigenvalue weighted by atomic mass is 35.5. The fourth-order valence-corrected chi connectivity index (χ4v) is 4.37. The summed E-state index contributed by atoms with van der Waals surface area (Å²) in [6, 6.07) is 11.7. The quantitative estimate of drug-likeness (QED) is 0.393. The first-order valence-electron chi connectivity index (χ1n) is 8.33. The van der Waals surface area contributed by atoms with Crippen LogP contribution >= 0.6 is 35.6 Å².